The maximum Gasteiger partial charge on any atom is 0.331 e. The smallest absolute Gasteiger partial charge is 0.331 e. The lowest BCUT2D eigenvalue weighted by atomic mass is 9.94. The van der Waals surface area contributed by atoms with E-state index >= 15 is 0 Å². The van der Waals surface area contributed by atoms with Gasteiger partial charge in [0, 0.05) is 12.0 Å². The molecule has 1 aliphatic rings. The van der Waals surface area contributed by atoms with Crippen molar-refractivity contribution >= 4 is 5.97 Å². The number of hydrogen-bond acceptors (Lipinski definition) is 6. The van der Waals surface area contributed by atoms with E-state index in [1.807, 2.05) is 0 Å². The molecule has 0 amide bonds. The van der Waals surface area contributed by atoms with E-state index in [1.165, 1.54) is 6.92 Å². The molecule has 1 fully saturated rings. The van der Waals surface area contributed by atoms with Gasteiger partial charge in [0.1, 0.15) is 12.2 Å². The SMILES string of the molecule is CC(=C[C@]1(O)O[C@@H](CO)[C@H](O)C[C@@H]1O)C(=O)O. The van der Waals surface area contributed by atoms with Crippen molar-refractivity contribution < 1.29 is 35.1 Å². The van der Waals surface area contributed by atoms with Crippen molar-refractivity contribution in [3.05, 3.63) is 11.6 Å². The highest BCUT2D eigenvalue weighted by Crippen LogP contribution is 2.29. The molecule has 5 N–H and O–H groups in total. The van der Waals surface area contributed by atoms with Crippen LogP contribution in [0.15, 0.2) is 11.6 Å². The Kier molecular flexibility index (Phi) is 4.23. The van der Waals surface area contributed by atoms with Crippen LogP contribution in [0.3, 0.4) is 0 Å². The molecule has 1 heterocycles. The van der Waals surface area contributed by atoms with Crippen molar-refractivity contribution in [2.24, 2.45) is 0 Å². The molecule has 1 rings (SSSR count). The van der Waals surface area contributed by atoms with Crippen molar-refractivity contribution in [1.82, 2.24) is 0 Å². The van der Waals surface area contributed by atoms with Crippen molar-refractivity contribution in [3.63, 3.8) is 0 Å². The first-order chi connectivity index (χ1) is 7.80. The number of aliphatic hydroxyl groups is 4. The Morgan fingerprint density at radius 2 is 2.12 bits per heavy atom. The molecule has 0 aromatic carbocycles. The predicted molar refractivity (Wildman–Crippen MR) is 54.9 cm³/mol. The number of aliphatic carboxylic acids is 1. The molecule has 98 valence electrons. The van der Waals surface area contributed by atoms with Crippen molar-refractivity contribution in [1.29, 1.82) is 0 Å². The maximum atomic E-state index is 10.6. The molecule has 0 aromatic heterocycles. The Morgan fingerprint density at radius 3 is 2.59 bits per heavy atom. The first kappa shape index (κ1) is 14.1. The first-order valence-electron chi connectivity index (χ1n) is 5.10. The lowest BCUT2D eigenvalue weighted by Crippen LogP contribution is -2.56. The Bertz CT molecular complexity index is 327. The minimum atomic E-state index is -2.21. The number of rotatable bonds is 3. The van der Waals surface area contributed by atoms with E-state index in [0.29, 0.717) is 0 Å². The molecule has 0 saturated carbocycles. The van der Waals surface area contributed by atoms with Crippen LogP contribution in [0.4, 0.5) is 0 Å². The van der Waals surface area contributed by atoms with E-state index in [2.05, 4.69) is 0 Å². The molecule has 0 aromatic rings. The average molecular weight is 248 g/mol. The van der Waals surface area contributed by atoms with Crippen LogP contribution in [0.25, 0.3) is 0 Å². The van der Waals surface area contributed by atoms with E-state index in [-0.39, 0.29) is 12.0 Å². The molecule has 0 aliphatic carbocycles. The van der Waals surface area contributed by atoms with Gasteiger partial charge in [-0.3, -0.25) is 0 Å². The third-order valence-corrected chi connectivity index (χ3v) is 2.65. The van der Waals surface area contributed by atoms with E-state index < -0.39 is 36.7 Å². The fourth-order valence-electron chi connectivity index (χ4n) is 1.61. The van der Waals surface area contributed by atoms with E-state index in [0.717, 1.165) is 6.08 Å². The minimum absolute atomic E-state index is 0.209. The van der Waals surface area contributed by atoms with Crippen LogP contribution < -0.4 is 0 Å². The lowest BCUT2D eigenvalue weighted by Gasteiger charge is -2.41. The summed E-state index contributed by atoms with van der Waals surface area (Å²) >= 11 is 0. The van der Waals surface area contributed by atoms with Gasteiger partial charge in [-0.2, -0.15) is 0 Å². The zero-order valence-corrected chi connectivity index (χ0v) is 9.28. The van der Waals surface area contributed by atoms with Crippen molar-refractivity contribution in [2.45, 2.75) is 37.4 Å². The van der Waals surface area contributed by atoms with E-state index in [1.54, 1.807) is 0 Å². The Balaban J connectivity index is 2.94. The average Bonchev–Trinajstić information content (AvgIpc) is 2.23. The number of hydrogen-bond donors (Lipinski definition) is 5. The van der Waals surface area contributed by atoms with E-state index in [4.69, 9.17) is 14.9 Å². The van der Waals surface area contributed by atoms with Gasteiger partial charge < -0.3 is 30.3 Å². The summed E-state index contributed by atoms with van der Waals surface area (Å²) in [6.07, 6.45) is -3.01. The van der Waals surface area contributed by atoms with Crippen LogP contribution in [-0.4, -0.2) is 62.2 Å². The van der Waals surface area contributed by atoms with Gasteiger partial charge in [0.05, 0.1) is 12.7 Å². The lowest BCUT2D eigenvalue weighted by molar-refractivity contribution is -0.298. The zero-order valence-electron chi connectivity index (χ0n) is 9.28. The van der Waals surface area contributed by atoms with Gasteiger partial charge in [-0.15, -0.1) is 0 Å². The third kappa shape index (κ3) is 3.02. The van der Waals surface area contributed by atoms with Crippen LogP contribution in [0, 0.1) is 0 Å². The molecular formula is C10H16O7. The number of carboxylic acid groups (broad SMARTS) is 1. The molecule has 0 radical (unpaired) electrons. The number of carbonyl (C=O) groups is 1. The molecule has 0 bridgehead atoms. The minimum Gasteiger partial charge on any atom is -0.478 e. The fourth-order valence-corrected chi connectivity index (χ4v) is 1.61. The molecule has 17 heavy (non-hydrogen) atoms. The van der Waals surface area contributed by atoms with Crippen LogP contribution in [0.5, 0.6) is 0 Å². The van der Waals surface area contributed by atoms with Gasteiger partial charge >= 0.3 is 5.97 Å². The summed E-state index contributed by atoms with van der Waals surface area (Å²) in [5, 5.41) is 46.5. The van der Waals surface area contributed by atoms with Crippen LogP contribution >= 0.6 is 0 Å². The first-order valence-corrected chi connectivity index (χ1v) is 5.10. The summed E-state index contributed by atoms with van der Waals surface area (Å²) in [7, 11) is 0. The number of aliphatic hydroxyl groups excluding tert-OH is 3. The number of ether oxygens (including phenoxy) is 1. The molecule has 1 aliphatic heterocycles. The summed E-state index contributed by atoms with van der Waals surface area (Å²) in [4.78, 5) is 10.6. The van der Waals surface area contributed by atoms with Crippen molar-refractivity contribution in [3.8, 4) is 0 Å². The Hall–Kier alpha value is -0.990. The van der Waals surface area contributed by atoms with Gasteiger partial charge in [0.15, 0.2) is 0 Å². The van der Waals surface area contributed by atoms with Crippen molar-refractivity contribution in [2.75, 3.05) is 6.61 Å². The third-order valence-electron chi connectivity index (χ3n) is 2.65. The van der Waals surface area contributed by atoms with Gasteiger partial charge in [-0.1, -0.05) is 0 Å². The molecule has 1 saturated heterocycles. The highest BCUT2D eigenvalue weighted by atomic mass is 16.7. The Morgan fingerprint density at radius 1 is 1.53 bits per heavy atom. The van der Waals surface area contributed by atoms with Crippen LogP contribution in [0.1, 0.15) is 13.3 Å². The monoisotopic (exact) mass is 248 g/mol. The predicted octanol–water partition coefficient (Wildman–Crippen LogP) is -1.79. The maximum absolute atomic E-state index is 10.6. The van der Waals surface area contributed by atoms with E-state index in [9.17, 15) is 20.1 Å². The molecule has 7 nitrogen and oxygen atoms in total. The largest absolute Gasteiger partial charge is 0.478 e. The highest BCUT2D eigenvalue weighted by Gasteiger charge is 2.45. The summed E-state index contributed by atoms with van der Waals surface area (Å²) in [6.45, 7) is 0.686. The standard InChI is InChI=1S/C10H16O7/c1-5(9(14)15)3-10(16)8(13)2-6(12)7(4-11)17-10/h3,6-8,11-13,16H,2,4H2,1H3,(H,14,15)/t6-,7+,8+,10+/m1/s1. The van der Waals surface area contributed by atoms with Crippen LogP contribution in [-0.2, 0) is 9.53 Å². The quantitative estimate of drug-likeness (QED) is 0.373. The number of carboxylic acids is 1. The Labute approximate surface area is 97.6 Å². The molecule has 0 unspecified atom stereocenters. The van der Waals surface area contributed by atoms with Gasteiger partial charge in [0.25, 0.3) is 0 Å². The summed E-state index contributed by atoms with van der Waals surface area (Å²) in [6, 6.07) is 0. The molecular weight excluding hydrogens is 232 g/mol. The summed E-state index contributed by atoms with van der Waals surface area (Å²) < 4.78 is 4.93. The van der Waals surface area contributed by atoms with Crippen LogP contribution in [0.2, 0.25) is 0 Å². The second-order valence-corrected chi connectivity index (χ2v) is 4.04. The normalized spacial score (nSPS) is 39.1. The van der Waals surface area contributed by atoms with Gasteiger partial charge in [-0.25, -0.2) is 4.79 Å². The zero-order chi connectivity index (χ0) is 13.2. The second kappa shape index (κ2) is 5.11. The second-order valence-electron chi connectivity index (χ2n) is 4.04. The molecule has 0 spiro atoms. The van der Waals surface area contributed by atoms with Gasteiger partial charge in [0.2, 0.25) is 5.79 Å². The molecule has 7 heteroatoms. The summed E-state index contributed by atoms with van der Waals surface area (Å²) in [5.41, 5.74) is -0.209. The van der Waals surface area contributed by atoms with Gasteiger partial charge in [-0.05, 0) is 13.0 Å². The fraction of sp³-hybridized carbons (Fsp3) is 0.700. The summed E-state index contributed by atoms with van der Waals surface area (Å²) in [5.74, 6) is -3.48. The molecule has 4 atom stereocenters. The highest BCUT2D eigenvalue weighted by molar-refractivity contribution is 5.85. The topological polar surface area (TPSA) is 127 Å².